The molecule has 0 N–H and O–H groups in total. The highest BCUT2D eigenvalue weighted by Crippen LogP contribution is 2.22. The van der Waals surface area contributed by atoms with Crippen molar-refractivity contribution in [3.8, 4) is 0 Å². The van der Waals surface area contributed by atoms with Crippen molar-refractivity contribution in [3.63, 3.8) is 0 Å². The molecule has 0 amide bonds. The monoisotopic (exact) mass is 459 g/mol. The maximum Gasteiger partial charge on any atom is 0.338 e. The quantitative estimate of drug-likeness (QED) is 0.486. The minimum absolute atomic E-state index is 0.00424. The van der Waals surface area contributed by atoms with Gasteiger partial charge in [0.2, 0.25) is 15.8 Å². The zero-order chi connectivity index (χ0) is 23.6. The largest absolute Gasteiger partial charge is 0.454 e. The summed E-state index contributed by atoms with van der Waals surface area (Å²) in [6.07, 6.45) is -0.442. The topological polar surface area (TPSA) is 90.0 Å². The molecule has 1 aliphatic heterocycles. The Kier molecular flexibility index (Phi) is 7.17. The number of morpholine rings is 1. The number of aryl methyl sites for hydroxylation is 3. The molecule has 8 heteroatoms. The second kappa shape index (κ2) is 9.52. The Hall–Kier alpha value is -2.55. The summed E-state index contributed by atoms with van der Waals surface area (Å²) in [4.78, 5) is 25.1. The van der Waals surface area contributed by atoms with E-state index in [0.717, 1.165) is 16.7 Å². The number of Topliss-reactive ketones (excluding diaryl/α,β-unsaturated/α-hetero) is 1. The van der Waals surface area contributed by atoms with Crippen LogP contribution in [0.3, 0.4) is 0 Å². The molecule has 32 heavy (non-hydrogen) atoms. The van der Waals surface area contributed by atoms with E-state index in [1.54, 1.807) is 6.07 Å². The van der Waals surface area contributed by atoms with Crippen molar-refractivity contribution in [2.24, 2.45) is 0 Å². The number of benzene rings is 2. The van der Waals surface area contributed by atoms with Gasteiger partial charge in [0.25, 0.3) is 0 Å². The summed E-state index contributed by atoms with van der Waals surface area (Å²) in [6.45, 7) is 9.42. The Labute approximate surface area is 189 Å². The van der Waals surface area contributed by atoms with Gasteiger partial charge in [-0.1, -0.05) is 12.1 Å². The molecule has 1 fully saturated rings. The average molecular weight is 460 g/mol. The number of rotatable bonds is 6. The van der Waals surface area contributed by atoms with Crippen LogP contribution in [0.4, 0.5) is 0 Å². The zero-order valence-corrected chi connectivity index (χ0v) is 19.9. The Morgan fingerprint density at radius 2 is 1.62 bits per heavy atom. The van der Waals surface area contributed by atoms with Gasteiger partial charge >= 0.3 is 5.97 Å². The van der Waals surface area contributed by atoms with E-state index in [-0.39, 0.29) is 41.5 Å². The van der Waals surface area contributed by atoms with Gasteiger partial charge in [-0.05, 0) is 75.6 Å². The minimum Gasteiger partial charge on any atom is -0.454 e. The van der Waals surface area contributed by atoms with Crippen LogP contribution in [0.2, 0.25) is 0 Å². The molecular weight excluding hydrogens is 430 g/mol. The second-order valence-corrected chi connectivity index (χ2v) is 10.3. The number of carbonyl (C=O) groups excluding carboxylic acids is 2. The van der Waals surface area contributed by atoms with Crippen LogP contribution in [0.15, 0.2) is 41.3 Å². The molecule has 1 aliphatic rings. The van der Waals surface area contributed by atoms with Crippen molar-refractivity contribution in [1.82, 2.24) is 4.31 Å². The van der Waals surface area contributed by atoms with Gasteiger partial charge in [-0.15, -0.1) is 0 Å². The van der Waals surface area contributed by atoms with E-state index in [9.17, 15) is 18.0 Å². The molecule has 2 aromatic rings. The van der Waals surface area contributed by atoms with Gasteiger partial charge in [0, 0.05) is 18.7 Å². The molecule has 0 spiro atoms. The summed E-state index contributed by atoms with van der Waals surface area (Å²) in [6, 6.07) is 9.41. The molecule has 7 nitrogen and oxygen atoms in total. The summed E-state index contributed by atoms with van der Waals surface area (Å²) in [5.41, 5.74) is 3.46. The van der Waals surface area contributed by atoms with Crippen LogP contribution < -0.4 is 0 Å². The summed E-state index contributed by atoms with van der Waals surface area (Å²) in [5.74, 6) is -1.06. The number of ether oxygens (including phenoxy) is 2. The molecule has 0 aromatic heterocycles. The van der Waals surface area contributed by atoms with Gasteiger partial charge in [-0.3, -0.25) is 4.79 Å². The lowest BCUT2D eigenvalue weighted by Gasteiger charge is -2.34. The van der Waals surface area contributed by atoms with Gasteiger partial charge in [0.15, 0.2) is 6.61 Å². The van der Waals surface area contributed by atoms with Crippen LogP contribution >= 0.6 is 0 Å². The third kappa shape index (κ3) is 5.26. The number of hydrogen-bond acceptors (Lipinski definition) is 6. The van der Waals surface area contributed by atoms with E-state index in [0.29, 0.717) is 5.56 Å². The molecule has 1 saturated heterocycles. The first-order valence-corrected chi connectivity index (χ1v) is 12.0. The van der Waals surface area contributed by atoms with Crippen molar-refractivity contribution >= 4 is 21.8 Å². The van der Waals surface area contributed by atoms with Gasteiger partial charge in [0.05, 0.1) is 22.7 Å². The molecule has 172 valence electrons. The second-order valence-electron chi connectivity index (χ2n) is 8.36. The lowest BCUT2D eigenvalue weighted by atomic mass is 9.98. The lowest BCUT2D eigenvalue weighted by Crippen LogP contribution is -2.48. The van der Waals surface area contributed by atoms with E-state index in [2.05, 4.69) is 0 Å². The van der Waals surface area contributed by atoms with Gasteiger partial charge < -0.3 is 9.47 Å². The van der Waals surface area contributed by atoms with Crippen LogP contribution in [-0.2, 0) is 19.5 Å². The first kappa shape index (κ1) is 24.1. The number of nitrogens with zero attached hydrogens (tertiary/aromatic N) is 1. The molecule has 3 rings (SSSR count). The highest BCUT2D eigenvalue weighted by atomic mass is 32.2. The number of esters is 1. The van der Waals surface area contributed by atoms with Crippen molar-refractivity contribution in [2.75, 3.05) is 19.7 Å². The van der Waals surface area contributed by atoms with Crippen LogP contribution in [0.1, 0.15) is 51.3 Å². The normalized spacial score (nSPS) is 19.5. The summed E-state index contributed by atoms with van der Waals surface area (Å²) in [5, 5.41) is 0. The summed E-state index contributed by atoms with van der Waals surface area (Å²) < 4.78 is 38.3. The molecule has 2 unspecified atom stereocenters. The van der Waals surface area contributed by atoms with Crippen molar-refractivity contribution < 1.29 is 27.5 Å². The molecule has 1 heterocycles. The third-order valence-corrected chi connectivity index (χ3v) is 7.40. The van der Waals surface area contributed by atoms with Crippen LogP contribution in [-0.4, -0.2) is 56.4 Å². The van der Waals surface area contributed by atoms with E-state index in [4.69, 9.17) is 9.47 Å². The predicted molar refractivity (Wildman–Crippen MR) is 120 cm³/mol. The highest BCUT2D eigenvalue weighted by Gasteiger charge is 2.32. The number of hydrogen-bond donors (Lipinski definition) is 0. The smallest absolute Gasteiger partial charge is 0.338 e. The lowest BCUT2D eigenvalue weighted by molar-refractivity contribution is -0.0440. The first-order chi connectivity index (χ1) is 15.0. The molecule has 0 aliphatic carbocycles. The van der Waals surface area contributed by atoms with Crippen molar-refractivity contribution in [2.45, 2.75) is 51.7 Å². The first-order valence-electron chi connectivity index (χ1n) is 10.5. The predicted octanol–water partition coefficient (Wildman–Crippen LogP) is 3.45. The molecular formula is C24H29NO6S. The summed E-state index contributed by atoms with van der Waals surface area (Å²) in [7, 11) is -3.79. The Balaban J connectivity index is 1.73. The molecule has 0 bridgehead atoms. The van der Waals surface area contributed by atoms with E-state index >= 15 is 0 Å². The fourth-order valence-corrected chi connectivity index (χ4v) is 5.45. The van der Waals surface area contributed by atoms with Crippen LogP contribution in [0, 0.1) is 20.8 Å². The van der Waals surface area contributed by atoms with Gasteiger partial charge in [0.1, 0.15) is 0 Å². The SMILES string of the molecule is Cc1cc(C)c(C(=O)COC(=O)c2cccc(S(=O)(=O)N3CC(C)OC(C)C3)c2)cc1C. The van der Waals surface area contributed by atoms with E-state index in [1.807, 2.05) is 40.7 Å². The van der Waals surface area contributed by atoms with E-state index < -0.39 is 22.6 Å². The van der Waals surface area contributed by atoms with Crippen molar-refractivity contribution in [3.05, 3.63) is 64.2 Å². The Bertz CT molecular complexity index is 1130. The molecule has 2 aromatic carbocycles. The molecule has 0 saturated carbocycles. The molecule has 2 atom stereocenters. The fourth-order valence-electron chi connectivity index (χ4n) is 3.81. The zero-order valence-electron chi connectivity index (χ0n) is 19.0. The van der Waals surface area contributed by atoms with Gasteiger partial charge in [-0.2, -0.15) is 4.31 Å². The Morgan fingerprint density at radius 3 is 2.28 bits per heavy atom. The maximum absolute atomic E-state index is 13.1. The standard InChI is InChI=1S/C24H29NO6S/c1-15-9-17(3)22(10-16(15)2)23(26)14-30-24(27)20-7-6-8-21(11-20)32(28,29)25-12-18(4)31-19(5)13-25/h6-11,18-19H,12-14H2,1-5H3. The molecule has 0 radical (unpaired) electrons. The minimum atomic E-state index is -3.79. The summed E-state index contributed by atoms with van der Waals surface area (Å²) >= 11 is 0. The van der Waals surface area contributed by atoms with Crippen molar-refractivity contribution in [1.29, 1.82) is 0 Å². The average Bonchev–Trinajstić information content (AvgIpc) is 2.73. The number of sulfonamides is 1. The van der Waals surface area contributed by atoms with Gasteiger partial charge in [-0.25, -0.2) is 13.2 Å². The fraction of sp³-hybridized carbons (Fsp3) is 0.417. The third-order valence-electron chi connectivity index (χ3n) is 5.57. The number of ketones is 1. The maximum atomic E-state index is 13.1. The van der Waals surface area contributed by atoms with E-state index in [1.165, 1.54) is 28.6 Å². The highest BCUT2D eigenvalue weighted by molar-refractivity contribution is 7.89. The Morgan fingerprint density at radius 1 is 1.00 bits per heavy atom. The van der Waals surface area contributed by atoms with Crippen LogP contribution in [0.25, 0.3) is 0 Å². The number of carbonyl (C=O) groups is 2. The van der Waals surface area contributed by atoms with Crippen LogP contribution in [0.5, 0.6) is 0 Å².